The number of carbonyl (C=O) groups is 1. The number of hydrogen-bond acceptors (Lipinski definition) is 10. The minimum absolute atomic E-state index is 0.0896. The molecule has 0 unspecified atom stereocenters. The topological polar surface area (TPSA) is 123 Å². The Morgan fingerprint density at radius 1 is 1.18 bits per heavy atom. The second kappa shape index (κ2) is 11.3. The van der Waals surface area contributed by atoms with Crippen LogP contribution in [0.2, 0.25) is 0 Å². The number of piperidine rings is 1. The molecule has 39 heavy (non-hydrogen) atoms. The first-order valence-corrected chi connectivity index (χ1v) is 14.7. The van der Waals surface area contributed by atoms with Gasteiger partial charge in [0.2, 0.25) is 12.7 Å². The third-order valence-corrected chi connectivity index (χ3v) is 8.96. The van der Waals surface area contributed by atoms with Crippen molar-refractivity contribution in [2.75, 3.05) is 48.1 Å². The Labute approximate surface area is 235 Å². The Hall–Kier alpha value is -3.58. The number of halogens is 1. The number of aromatic nitrogens is 2. The Morgan fingerprint density at radius 3 is 2.67 bits per heavy atom. The molecule has 0 amide bonds. The highest BCUT2D eigenvalue weighted by Gasteiger charge is 2.29. The van der Waals surface area contributed by atoms with Crippen LogP contribution in [0.15, 0.2) is 58.0 Å². The van der Waals surface area contributed by atoms with E-state index in [1.165, 1.54) is 12.3 Å². The summed E-state index contributed by atoms with van der Waals surface area (Å²) in [5.74, 6) is 1.66. The van der Waals surface area contributed by atoms with Crippen molar-refractivity contribution < 1.29 is 27.4 Å². The average molecular weight is 619 g/mol. The van der Waals surface area contributed by atoms with Crippen molar-refractivity contribution in [1.82, 2.24) is 9.97 Å². The van der Waals surface area contributed by atoms with Gasteiger partial charge in [0, 0.05) is 36.4 Å². The summed E-state index contributed by atoms with van der Waals surface area (Å²) in [5, 5.41) is 0. The van der Waals surface area contributed by atoms with Crippen molar-refractivity contribution in [3.63, 3.8) is 0 Å². The van der Waals surface area contributed by atoms with Crippen LogP contribution in [0.1, 0.15) is 19.8 Å². The highest BCUT2D eigenvalue weighted by molar-refractivity contribution is 9.10. The summed E-state index contributed by atoms with van der Waals surface area (Å²) in [6, 6.07) is 12.0. The van der Waals surface area contributed by atoms with Crippen molar-refractivity contribution >= 4 is 55.1 Å². The van der Waals surface area contributed by atoms with Gasteiger partial charge < -0.3 is 24.0 Å². The molecule has 0 atom stereocenters. The molecule has 3 heterocycles. The first-order chi connectivity index (χ1) is 18.8. The Morgan fingerprint density at radius 2 is 1.92 bits per heavy atom. The van der Waals surface area contributed by atoms with Gasteiger partial charge in [0.15, 0.2) is 17.3 Å². The summed E-state index contributed by atoms with van der Waals surface area (Å²) in [6.07, 6.45) is 2.70. The van der Waals surface area contributed by atoms with E-state index in [2.05, 4.69) is 25.6 Å². The molecule has 5 rings (SSSR count). The fraction of sp³-hybridized carbons (Fsp3) is 0.346. The van der Waals surface area contributed by atoms with Crippen LogP contribution >= 0.6 is 15.9 Å². The number of esters is 1. The van der Waals surface area contributed by atoms with Gasteiger partial charge in [-0.25, -0.2) is 13.4 Å². The molecular formula is C26H28BrN5O6S. The zero-order valence-corrected chi connectivity index (χ0v) is 23.9. The van der Waals surface area contributed by atoms with Gasteiger partial charge in [0.25, 0.3) is 10.0 Å². The van der Waals surface area contributed by atoms with E-state index in [-0.39, 0.29) is 29.3 Å². The third kappa shape index (κ3) is 5.74. The number of ether oxygens (including phenoxy) is 3. The molecule has 0 saturated carbocycles. The van der Waals surface area contributed by atoms with Gasteiger partial charge in [-0.2, -0.15) is 4.98 Å². The predicted molar refractivity (Wildman–Crippen MR) is 149 cm³/mol. The summed E-state index contributed by atoms with van der Waals surface area (Å²) in [5.41, 5.74) is 0.919. The molecule has 11 nitrogen and oxygen atoms in total. The Kier molecular flexibility index (Phi) is 7.80. The Bertz CT molecular complexity index is 1480. The smallest absolute Gasteiger partial charge is 0.309 e. The second-order valence-corrected chi connectivity index (χ2v) is 11.6. The number of fused-ring (bicyclic) bond motifs is 1. The number of carbonyl (C=O) groups excluding carboxylic acids is 1. The first-order valence-electron chi connectivity index (χ1n) is 12.5. The van der Waals surface area contributed by atoms with Gasteiger partial charge in [-0.3, -0.25) is 9.52 Å². The molecule has 0 aliphatic carbocycles. The second-order valence-electron chi connectivity index (χ2n) is 9.05. The minimum atomic E-state index is -3.96. The average Bonchev–Trinajstić information content (AvgIpc) is 3.41. The van der Waals surface area contributed by atoms with E-state index in [9.17, 15) is 13.2 Å². The number of rotatable bonds is 8. The fourth-order valence-corrected chi connectivity index (χ4v) is 6.55. The lowest BCUT2D eigenvalue weighted by molar-refractivity contribution is -0.148. The van der Waals surface area contributed by atoms with E-state index in [1.54, 1.807) is 49.2 Å². The number of nitrogens with one attached hydrogen (secondary N) is 1. The maximum Gasteiger partial charge on any atom is 0.309 e. The normalized spacial score (nSPS) is 15.2. The van der Waals surface area contributed by atoms with Gasteiger partial charge in [0.05, 0.1) is 18.7 Å². The largest absolute Gasteiger partial charge is 0.466 e. The van der Waals surface area contributed by atoms with Crippen LogP contribution in [-0.2, 0) is 19.6 Å². The van der Waals surface area contributed by atoms with Gasteiger partial charge in [-0.15, -0.1) is 0 Å². The summed E-state index contributed by atoms with van der Waals surface area (Å²) < 4.78 is 45.9. The van der Waals surface area contributed by atoms with Crippen molar-refractivity contribution in [2.24, 2.45) is 5.92 Å². The van der Waals surface area contributed by atoms with E-state index in [0.717, 1.165) is 0 Å². The molecule has 1 saturated heterocycles. The van der Waals surface area contributed by atoms with Crippen LogP contribution in [0.5, 0.6) is 11.5 Å². The van der Waals surface area contributed by atoms with Gasteiger partial charge in [-0.1, -0.05) is 12.1 Å². The van der Waals surface area contributed by atoms with Crippen LogP contribution in [-0.4, -0.2) is 57.9 Å². The molecule has 2 aliphatic heterocycles. The molecular weight excluding hydrogens is 590 g/mol. The minimum Gasteiger partial charge on any atom is -0.466 e. The van der Waals surface area contributed by atoms with E-state index in [0.29, 0.717) is 66.0 Å². The van der Waals surface area contributed by atoms with Crippen LogP contribution in [0.4, 0.5) is 23.1 Å². The van der Waals surface area contributed by atoms with E-state index >= 15 is 0 Å². The summed E-state index contributed by atoms with van der Waals surface area (Å²) in [6.45, 7) is 3.43. The lowest BCUT2D eigenvalue weighted by Crippen LogP contribution is -2.38. The third-order valence-electron chi connectivity index (χ3n) is 6.59. The van der Waals surface area contributed by atoms with Crippen LogP contribution in [0.3, 0.4) is 0 Å². The highest BCUT2D eigenvalue weighted by atomic mass is 79.9. The molecule has 1 fully saturated rings. The molecule has 206 valence electrons. The first kappa shape index (κ1) is 27.0. The molecule has 1 N–H and O–H groups in total. The maximum absolute atomic E-state index is 13.3. The lowest BCUT2D eigenvalue weighted by Gasteiger charge is -2.32. The summed E-state index contributed by atoms with van der Waals surface area (Å²) >= 11 is 3.32. The Balaban J connectivity index is 1.47. The highest BCUT2D eigenvalue weighted by Crippen LogP contribution is 2.39. The van der Waals surface area contributed by atoms with Crippen molar-refractivity contribution in [1.29, 1.82) is 0 Å². The fourth-order valence-electron chi connectivity index (χ4n) is 4.50. The molecule has 0 spiro atoms. The van der Waals surface area contributed by atoms with Crippen LogP contribution in [0, 0.1) is 5.92 Å². The molecule has 1 aromatic heterocycles. The predicted octanol–water partition coefficient (Wildman–Crippen LogP) is 4.32. The quantitative estimate of drug-likeness (QED) is 0.366. The van der Waals surface area contributed by atoms with Crippen LogP contribution in [0.25, 0.3) is 0 Å². The number of benzene rings is 2. The zero-order valence-electron chi connectivity index (χ0n) is 21.5. The molecule has 0 radical (unpaired) electrons. The van der Waals surface area contributed by atoms with E-state index in [4.69, 9.17) is 19.2 Å². The molecule has 2 aromatic carbocycles. The lowest BCUT2D eigenvalue weighted by atomic mass is 9.97. The standard InChI is InChI=1S/C26H28BrN5O6S/c1-3-36-25(33)17-10-12-32(13-11-17)26-28-15-20(30-39(34,35)23-7-5-4-6-19(23)27)24(29-26)31(2)18-8-9-21-22(14-18)38-16-37-21/h4-9,14-15,17,30H,3,10-13,16H2,1-2H3. The number of sulfonamides is 1. The van der Waals surface area contributed by atoms with Crippen molar-refractivity contribution in [3.05, 3.63) is 53.1 Å². The SMILES string of the molecule is CCOC(=O)C1CCN(c2ncc(NS(=O)(=O)c3ccccc3Br)c(N(C)c3ccc4c(c3)OCO4)n2)CC1. The monoisotopic (exact) mass is 617 g/mol. The number of hydrogen-bond donors (Lipinski definition) is 1. The van der Waals surface area contributed by atoms with E-state index < -0.39 is 10.0 Å². The summed E-state index contributed by atoms with van der Waals surface area (Å²) in [4.78, 5) is 25.3. The van der Waals surface area contributed by atoms with Crippen molar-refractivity contribution in [3.8, 4) is 11.5 Å². The molecule has 0 bridgehead atoms. The van der Waals surface area contributed by atoms with Gasteiger partial charge in [0.1, 0.15) is 10.6 Å². The van der Waals surface area contributed by atoms with Gasteiger partial charge in [-0.05, 0) is 60.0 Å². The molecule has 13 heteroatoms. The van der Waals surface area contributed by atoms with Gasteiger partial charge >= 0.3 is 5.97 Å². The molecule has 2 aliphatic rings. The number of nitrogens with zero attached hydrogens (tertiary/aromatic N) is 4. The van der Waals surface area contributed by atoms with Crippen LogP contribution < -0.4 is 24.0 Å². The number of anilines is 4. The van der Waals surface area contributed by atoms with E-state index in [1.807, 2.05) is 11.0 Å². The molecule has 3 aromatic rings. The van der Waals surface area contributed by atoms with Crippen molar-refractivity contribution in [2.45, 2.75) is 24.7 Å². The zero-order chi connectivity index (χ0) is 27.6. The summed E-state index contributed by atoms with van der Waals surface area (Å²) in [7, 11) is -2.18. The maximum atomic E-state index is 13.3.